The summed E-state index contributed by atoms with van der Waals surface area (Å²) in [6, 6.07) is 16.2. The van der Waals surface area contributed by atoms with Crippen LogP contribution >= 0.6 is 0 Å². The molecule has 7 heteroatoms. The number of nitrogens with zero attached hydrogens (tertiary/aromatic N) is 2. The van der Waals surface area contributed by atoms with E-state index in [9.17, 15) is 13.2 Å². The van der Waals surface area contributed by atoms with Gasteiger partial charge in [-0.3, -0.25) is 4.79 Å². The molecule has 2 aromatic carbocycles. The Bertz CT molecular complexity index is 892. The van der Waals surface area contributed by atoms with E-state index in [1.807, 2.05) is 18.2 Å². The summed E-state index contributed by atoms with van der Waals surface area (Å²) in [6.45, 7) is 2.53. The fourth-order valence-corrected chi connectivity index (χ4v) is 4.04. The molecule has 0 aliphatic carbocycles. The summed E-state index contributed by atoms with van der Waals surface area (Å²) < 4.78 is 25.2. The molecule has 1 amide bonds. The molecule has 0 spiro atoms. The fourth-order valence-electron chi connectivity index (χ4n) is 3.44. The zero-order valence-electron chi connectivity index (χ0n) is 16.3. The van der Waals surface area contributed by atoms with E-state index in [2.05, 4.69) is 22.3 Å². The average Bonchev–Trinajstić information content (AvgIpc) is 3.22. The number of benzene rings is 2. The quantitative estimate of drug-likeness (QED) is 0.774. The lowest BCUT2D eigenvalue weighted by Crippen LogP contribution is -2.41. The number of rotatable bonds is 7. The average molecular weight is 402 g/mol. The zero-order chi connectivity index (χ0) is 20.1. The van der Waals surface area contributed by atoms with Gasteiger partial charge in [0, 0.05) is 32.4 Å². The standard InChI is InChI=1S/C21H27N3O3S/c1-23(28(2,26)27)20(18-8-4-3-5-9-18)21(25)22-16-17-10-12-19(13-11-17)24-14-6-7-15-24/h3-5,8-13,20H,6-7,14-16H2,1-2H3,(H,22,25). The molecule has 1 saturated heterocycles. The van der Waals surface area contributed by atoms with E-state index in [0.29, 0.717) is 12.1 Å². The van der Waals surface area contributed by atoms with Crippen molar-refractivity contribution in [2.45, 2.75) is 25.4 Å². The van der Waals surface area contributed by atoms with Crippen molar-refractivity contribution in [2.75, 3.05) is 31.3 Å². The maximum absolute atomic E-state index is 12.9. The predicted molar refractivity (Wildman–Crippen MR) is 112 cm³/mol. The van der Waals surface area contributed by atoms with E-state index in [-0.39, 0.29) is 5.91 Å². The summed E-state index contributed by atoms with van der Waals surface area (Å²) in [5.74, 6) is -0.345. The van der Waals surface area contributed by atoms with Gasteiger partial charge in [0.05, 0.1) is 6.26 Å². The minimum atomic E-state index is -3.53. The van der Waals surface area contributed by atoms with Crippen LogP contribution in [0.15, 0.2) is 54.6 Å². The van der Waals surface area contributed by atoms with E-state index in [0.717, 1.165) is 29.2 Å². The van der Waals surface area contributed by atoms with Crippen molar-refractivity contribution in [3.63, 3.8) is 0 Å². The minimum absolute atomic E-state index is 0.345. The summed E-state index contributed by atoms with van der Waals surface area (Å²) in [5.41, 5.74) is 2.81. The van der Waals surface area contributed by atoms with Gasteiger partial charge in [-0.15, -0.1) is 0 Å². The molecule has 1 aliphatic heterocycles. The van der Waals surface area contributed by atoms with Gasteiger partial charge in [0.25, 0.3) is 0 Å². The first-order valence-corrected chi connectivity index (χ1v) is 11.3. The Labute approximate surface area is 167 Å². The van der Waals surface area contributed by atoms with Crippen LogP contribution in [0.3, 0.4) is 0 Å². The lowest BCUT2D eigenvalue weighted by atomic mass is 10.1. The van der Waals surface area contributed by atoms with Crippen LogP contribution in [0.4, 0.5) is 5.69 Å². The van der Waals surface area contributed by atoms with Crippen LogP contribution in [0.1, 0.15) is 30.0 Å². The second-order valence-corrected chi connectivity index (χ2v) is 9.21. The van der Waals surface area contributed by atoms with Gasteiger partial charge in [-0.25, -0.2) is 8.42 Å². The lowest BCUT2D eigenvalue weighted by Gasteiger charge is -2.25. The van der Waals surface area contributed by atoms with Gasteiger partial charge in [0.2, 0.25) is 15.9 Å². The van der Waals surface area contributed by atoms with Crippen molar-refractivity contribution in [1.82, 2.24) is 9.62 Å². The second kappa shape index (κ2) is 8.75. The molecular weight excluding hydrogens is 374 g/mol. The Morgan fingerprint density at radius 1 is 1.07 bits per heavy atom. The normalized spacial score (nSPS) is 15.6. The fraction of sp³-hybridized carbons (Fsp3) is 0.381. The minimum Gasteiger partial charge on any atom is -0.372 e. The van der Waals surface area contributed by atoms with Crippen LogP contribution in [0.25, 0.3) is 0 Å². The lowest BCUT2D eigenvalue weighted by molar-refractivity contribution is -0.124. The molecule has 0 bridgehead atoms. The van der Waals surface area contributed by atoms with Gasteiger partial charge in [-0.2, -0.15) is 4.31 Å². The summed E-state index contributed by atoms with van der Waals surface area (Å²) in [5, 5.41) is 2.88. The molecule has 1 aliphatic rings. The predicted octanol–water partition coefficient (Wildman–Crippen LogP) is 2.54. The molecule has 2 aromatic rings. The van der Waals surface area contributed by atoms with Gasteiger partial charge in [0.1, 0.15) is 6.04 Å². The van der Waals surface area contributed by atoms with Crippen molar-refractivity contribution >= 4 is 21.6 Å². The highest BCUT2D eigenvalue weighted by Crippen LogP contribution is 2.23. The SMILES string of the molecule is CN(C(C(=O)NCc1ccc(N2CCCC2)cc1)c1ccccc1)S(C)(=O)=O. The maximum atomic E-state index is 12.9. The Morgan fingerprint density at radius 2 is 1.68 bits per heavy atom. The maximum Gasteiger partial charge on any atom is 0.243 e. The number of nitrogens with one attached hydrogen (secondary N) is 1. The number of amides is 1. The first kappa shape index (κ1) is 20.4. The molecule has 150 valence electrons. The summed E-state index contributed by atoms with van der Waals surface area (Å²) in [6.07, 6.45) is 3.56. The second-order valence-electron chi connectivity index (χ2n) is 7.17. The first-order valence-electron chi connectivity index (χ1n) is 9.46. The topological polar surface area (TPSA) is 69.7 Å². The molecule has 0 saturated carbocycles. The van der Waals surface area contributed by atoms with Crippen molar-refractivity contribution < 1.29 is 13.2 Å². The summed E-state index contributed by atoms with van der Waals surface area (Å²) in [7, 11) is -2.10. The van der Waals surface area contributed by atoms with Crippen LogP contribution < -0.4 is 10.2 Å². The molecule has 28 heavy (non-hydrogen) atoms. The number of hydrogen-bond donors (Lipinski definition) is 1. The van der Waals surface area contributed by atoms with E-state index in [1.54, 1.807) is 24.3 Å². The number of sulfonamides is 1. The van der Waals surface area contributed by atoms with Crippen LogP contribution in [0.5, 0.6) is 0 Å². The highest BCUT2D eigenvalue weighted by atomic mass is 32.2. The third kappa shape index (κ3) is 4.91. The largest absolute Gasteiger partial charge is 0.372 e. The van der Waals surface area contributed by atoms with Crippen molar-refractivity contribution in [1.29, 1.82) is 0 Å². The molecule has 1 N–H and O–H groups in total. The first-order chi connectivity index (χ1) is 13.4. The highest BCUT2D eigenvalue weighted by molar-refractivity contribution is 7.88. The monoisotopic (exact) mass is 401 g/mol. The van der Waals surface area contributed by atoms with E-state index in [1.165, 1.54) is 25.6 Å². The molecular formula is C21H27N3O3S. The molecule has 6 nitrogen and oxygen atoms in total. The van der Waals surface area contributed by atoms with E-state index >= 15 is 0 Å². The number of hydrogen-bond acceptors (Lipinski definition) is 4. The Morgan fingerprint density at radius 3 is 2.25 bits per heavy atom. The number of anilines is 1. The molecule has 1 heterocycles. The Balaban J connectivity index is 1.70. The van der Waals surface area contributed by atoms with Crippen molar-refractivity contribution in [3.05, 3.63) is 65.7 Å². The number of likely N-dealkylation sites (N-methyl/N-ethyl adjacent to an activating group) is 1. The van der Waals surface area contributed by atoms with Gasteiger partial charge < -0.3 is 10.2 Å². The van der Waals surface area contributed by atoms with Crippen LogP contribution in [-0.2, 0) is 21.4 Å². The van der Waals surface area contributed by atoms with Crippen LogP contribution in [0.2, 0.25) is 0 Å². The van der Waals surface area contributed by atoms with Gasteiger partial charge in [-0.1, -0.05) is 42.5 Å². The van der Waals surface area contributed by atoms with E-state index in [4.69, 9.17) is 0 Å². The summed E-state index contributed by atoms with van der Waals surface area (Å²) >= 11 is 0. The van der Waals surface area contributed by atoms with Crippen LogP contribution in [-0.4, -0.2) is 45.0 Å². The van der Waals surface area contributed by atoms with Crippen LogP contribution in [0, 0.1) is 0 Å². The van der Waals surface area contributed by atoms with Gasteiger partial charge in [0.15, 0.2) is 0 Å². The molecule has 1 unspecified atom stereocenters. The molecule has 1 fully saturated rings. The molecule has 0 radical (unpaired) electrons. The number of carbonyl (C=O) groups excluding carboxylic acids is 1. The Hall–Kier alpha value is -2.38. The third-order valence-corrected chi connectivity index (χ3v) is 6.38. The zero-order valence-corrected chi connectivity index (χ0v) is 17.2. The molecule has 3 rings (SSSR count). The summed E-state index contributed by atoms with van der Waals surface area (Å²) in [4.78, 5) is 15.2. The van der Waals surface area contributed by atoms with E-state index < -0.39 is 16.1 Å². The Kier molecular flexibility index (Phi) is 6.36. The molecule has 1 atom stereocenters. The van der Waals surface area contributed by atoms with Gasteiger partial charge >= 0.3 is 0 Å². The van der Waals surface area contributed by atoms with Crippen molar-refractivity contribution in [2.24, 2.45) is 0 Å². The molecule has 0 aromatic heterocycles. The number of carbonyl (C=O) groups is 1. The van der Waals surface area contributed by atoms with Gasteiger partial charge in [-0.05, 0) is 36.1 Å². The smallest absolute Gasteiger partial charge is 0.243 e. The highest BCUT2D eigenvalue weighted by Gasteiger charge is 2.30. The third-order valence-electron chi connectivity index (χ3n) is 5.12. The van der Waals surface area contributed by atoms with Crippen molar-refractivity contribution in [3.8, 4) is 0 Å².